The van der Waals surface area contributed by atoms with E-state index in [9.17, 15) is 26.3 Å². The molecule has 160 valence electrons. The van der Waals surface area contributed by atoms with Gasteiger partial charge in [0.1, 0.15) is 5.69 Å². The molecule has 4 rings (SSSR count). The standard InChI is InChI=1S/C18H9ClF6N6/c19-12-6-8(17(20,21)22)3-4-9(12)14-10(7-13-28-29-16(26)31(13)30-14)15-11(18(23,24)25)2-1-5-27-15/h1-7H,(H2,26,29). The molecule has 6 nitrogen and oxygen atoms in total. The van der Waals surface area contributed by atoms with Crippen molar-refractivity contribution in [1.82, 2.24) is 24.8 Å². The zero-order valence-corrected chi connectivity index (χ0v) is 15.8. The molecule has 31 heavy (non-hydrogen) atoms. The normalized spacial score (nSPS) is 12.5. The predicted molar refractivity (Wildman–Crippen MR) is 98.9 cm³/mol. The second kappa shape index (κ2) is 7.08. The summed E-state index contributed by atoms with van der Waals surface area (Å²) in [6.07, 6.45) is -8.28. The van der Waals surface area contributed by atoms with Crippen molar-refractivity contribution < 1.29 is 26.3 Å². The van der Waals surface area contributed by atoms with Crippen LogP contribution in [0.1, 0.15) is 11.1 Å². The number of halogens is 7. The van der Waals surface area contributed by atoms with E-state index in [1.54, 1.807) is 0 Å². The quantitative estimate of drug-likeness (QED) is 0.421. The van der Waals surface area contributed by atoms with Gasteiger partial charge in [0.2, 0.25) is 5.95 Å². The van der Waals surface area contributed by atoms with Gasteiger partial charge < -0.3 is 5.73 Å². The number of hydrogen-bond donors (Lipinski definition) is 1. The number of aromatic nitrogens is 5. The average Bonchev–Trinajstić information content (AvgIpc) is 3.06. The zero-order chi connectivity index (χ0) is 22.6. The fourth-order valence-corrected chi connectivity index (χ4v) is 3.23. The molecule has 13 heteroatoms. The summed E-state index contributed by atoms with van der Waals surface area (Å²) < 4.78 is 80.8. The lowest BCUT2D eigenvalue weighted by atomic mass is 9.99. The van der Waals surface area contributed by atoms with Crippen LogP contribution in [0, 0.1) is 0 Å². The Kier molecular flexibility index (Phi) is 4.76. The average molecular weight is 459 g/mol. The highest BCUT2D eigenvalue weighted by molar-refractivity contribution is 6.33. The lowest BCUT2D eigenvalue weighted by molar-refractivity contribution is -0.138. The smallest absolute Gasteiger partial charge is 0.366 e. The highest BCUT2D eigenvalue weighted by atomic mass is 35.5. The van der Waals surface area contributed by atoms with Gasteiger partial charge in [-0.3, -0.25) is 4.98 Å². The molecule has 3 aromatic heterocycles. The first-order valence-corrected chi connectivity index (χ1v) is 8.76. The molecule has 0 saturated heterocycles. The molecule has 0 saturated carbocycles. The van der Waals surface area contributed by atoms with Crippen LogP contribution in [0.2, 0.25) is 5.02 Å². The first-order chi connectivity index (χ1) is 14.5. The number of pyridine rings is 1. The van der Waals surface area contributed by atoms with Crippen LogP contribution in [0.25, 0.3) is 28.2 Å². The fraction of sp³-hybridized carbons (Fsp3) is 0.111. The van der Waals surface area contributed by atoms with Gasteiger partial charge in [-0.1, -0.05) is 17.7 Å². The Morgan fingerprint density at radius 1 is 0.871 bits per heavy atom. The fourth-order valence-electron chi connectivity index (χ4n) is 2.96. The maximum atomic E-state index is 13.6. The first kappa shape index (κ1) is 20.8. The van der Waals surface area contributed by atoms with E-state index in [1.807, 2.05) is 0 Å². The number of nitrogens with two attached hydrogens (primary N) is 1. The molecule has 0 bridgehead atoms. The van der Waals surface area contributed by atoms with Crippen LogP contribution in [0.3, 0.4) is 0 Å². The predicted octanol–water partition coefficient (Wildman–Crippen LogP) is 5.13. The van der Waals surface area contributed by atoms with Crippen molar-refractivity contribution in [2.75, 3.05) is 5.73 Å². The van der Waals surface area contributed by atoms with E-state index in [1.165, 1.54) is 6.07 Å². The van der Waals surface area contributed by atoms with Gasteiger partial charge in [0.25, 0.3) is 0 Å². The number of rotatable bonds is 2. The van der Waals surface area contributed by atoms with Crippen molar-refractivity contribution in [3.8, 4) is 22.5 Å². The third-order valence-electron chi connectivity index (χ3n) is 4.34. The van der Waals surface area contributed by atoms with Crippen LogP contribution < -0.4 is 5.73 Å². The molecule has 0 atom stereocenters. The number of nitrogens with zero attached hydrogens (tertiary/aromatic N) is 5. The van der Waals surface area contributed by atoms with Gasteiger partial charge in [0.05, 0.1) is 21.8 Å². The molecule has 0 aliphatic carbocycles. The van der Waals surface area contributed by atoms with Crippen LogP contribution in [-0.4, -0.2) is 24.8 Å². The van der Waals surface area contributed by atoms with Gasteiger partial charge in [-0.2, -0.15) is 36.0 Å². The summed E-state index contributed by atoms with van der Waals surface area (Å²) in [5, 5.41) is 11.1. The molecule has 1 aromatic carbocycles. The number of fused-ring (bicyclic) bond motifs is 1. The molecule has 0 unspecified atom stereocenters. The number of hydrogen-bond acceptors (Lipinski definition) is 5. The van der Waals surface area contributed by atoms with E-state index in [4.69, 9.17) is 17.3 Å². The summed E-state index contributed by atoms with van der Waals surface area (Å²) in [6, 6.07) is 5.55. The maximum absolute atomic E-state index is 13.6. The molecule has 0 aliphatic heterocycles. The summed E-state index contributed by atoms with van der Waals surface area (Å²) >= 11 is 6.07. The Bertz CT molecular complexity index is 1300. The minimum Gasteiger partial charge on any atom is -0.366 e. The van der Waals surface area contributed by atoms with E-state index in [0.717, 1.165) is 35.0 Å². The number of anilines is 1. The van der Waals surface area contributed by atoms with Gasteiger partial charge in [0, 0.05) is 17.3 Å². The second-order valence-corrected chi connectivity index (χ2v) is 6.73. The van der Waals surface area contributed by atoms with Crippen LogP contribution in [0.15, 0.2) is 42.6 Å². The van der Waals surface area contributed by atoms with Crippen LogP contribution in [-0.2, 0) is 12.4 Å². The Balaban J connectivity index is 2.04. The summed E-state index contributed by atoms with van der Waals surface area (Å²) in [7, 11) is 0. The molecule has 0 spiro atoms. The third-order valence-corrected chi connectivity index (χ3v) is 4.65. The Hall–Kier alpha value is -3.41. The molecule has 4 aromatic rings. The van der Waals surface area contributed by atoms with Crippen molar-refractivity contribution in [3.05, 3.63) is 58.7 Å². The molecule has 0 amide bonds. The molecular formula is C18H9ClF6N6. The molecule has 0 aliphatic rings. The second-order valence-electron chi connectivity index (χ2n) is 6.32. The van der Waals surface area contributed by atoms with E-state index in [2.05, 4.69) is 20.3 Å². The molecule has 2 N–H and O–H groups in total. The van der Waals surface area contributed by atoms with Crippen molar-refractivity contribution in [3.63, 3.8) is 0 Å². The largest absolute Gasteiger partial charge is 0.418 e. The zero-order valence-electron chi connectivity index (χ0n) is 15.0. The van der Waals surface area contributed by atoms with Crippen LogP contribution in [0.5, 0.6) is 0 Å². The van der Waals surface area contributed by atoms with E-state index in [-0.39, 0.29) is 33.4 Å². The highest BCUT2D eigenvalue weighted by Gasteiger charge is 2.36. The summed E-state index contributed by atoms with van der Waals surface area (Å²) in [6.45, 7) is 0. The first-order valence-electron chi connectivity index (χ1n) is 8.38. The lowest BCUT2D eigenvalue weighted by Gasteiger charge is -2.16. The summed E-state index contributed by atoms with van der Waals surface area (Å²) in [5.41, 5.74) is 2.70. The summed E-state index contributed by atoms with van der Waals surface area (Å²) in [4.78, 5) is 3.83. The Morgan fingerprint density at radius 2 is 1.61 bits per heavy atom. The van der Waals surface area contributed by atoms with E-state index < -0.39 is 29.2 Å². The van der Waals surface area contributed by atoms with Gasteiger partial charge >= 0.3 is 12.4 Å². The van der Waals surface area contributed by atoms with E-state index >= 15 is 0 Å². The minimum absolute atomic E-state index is 0.0121. The van der Waals surface area contributed by atoms with Crippen molar-refractivity contribution in [2.24, 2.45) is 0 Å². The molecule has 0 radical (unpaired) electrons. The summed E-state index contributed by atoms with van der Waals surface area (Å²) in [5.74, 6) is -0.178. The lowest BCUT2D eigenvalue weighted by Crippen LogP contribution is -2.10. The maximum Gasteiger partial charge on any atom is 0.418 e. The monoisotopic (exact) mass is 458 g/mol. The minimum atomic E-state index is -4.76. The SMILES string of the molecule is Nc1nnc2cc(-c3ncccc3C(F)(F)F)c(-c3ccc(C(F)(F)F)cc3Cl)nn12. The topological polar surface area (TPSA) is 82.0 Å². The van der Waals surface area contributed by atoms with Gasteiger partial charge in [-0.05, 0) is 30.3 Å². The van der Waals surface area contributed by atoms with Crippen molar-refractivity contribution in [2.45, 2.75) is 12.4 Å². The number of alkyl halides is 6. The van der Waals surface area contributed by atoms with Gasteiger partial charge in [-0.15, -0.1) is 10.2 Å². The Labute approximate surface area is 174 Å². The number of benzene rings is 1. The Morgan fingerprint density at radius 3 is 2.26 bits per heavy atom. The van der Waals surface area contributed by atoms with Gasteiger partial charge in [-0.25, -0.2) is 0 Å². The van der Waals surface area contributed by atoms with Crippen LogP contribution >= 0.6 is 11.6 Å². The van der Waals surface area contributed by atoms with Crippen molar-refractivity contribution >= 4 is 23.2 Å². The third kappa shape index (κ3) is 3.74. The number of nitrogen functional groups attached to an aromatic ring is 1. The van der Waals surface area contributed by atoms with E-state index in [0.29, 0.717) is 6.07 Å². The molecular weight excluding hydrogens is 450 g/mol. The van der Waals surface area contributed by atoms with Crippen molar-refractivity contribution in [1.29, 1.82) is 0 Å². The molecule has 3 heterocycles. The van der Waals surface area contributed by atoms with Crippen LogP contribution in [0.4, 0.5) is 32.3 Å². The molecule has 0 fully saturated rings. The highest BCUT2D eigenvalue weighted by Crippen LogP contribution is 2.42. The van der Waals surface area contributed by atoms with Gasteiger partial charge in [0.15, 0.2) is 5.65 Å².